The molecule has 12 aromatic rings. The van der Waals surface area contributed by atoms with Gasteiger partial charge in [-0.15, -0.1) is 0 Å². The number of allylic oxidation sites excluding steroid dienone is 2. The fraction of sp³-hybridized carbons (Fsp3) is 0.0290. The van der Waals surface area contributed by atoms with E-state index in [0.717, 1.165) is 39.7 Å². The Morgan fingerprint density at radius 1 is 0.411 bits per heavy atom. The second-order valence-electron chi connectivity index (χ2n) is 19.1. The van der Waals surface area contributed by atoms with Crippen LogP contribution < -0.4 is 9.80 Å². The third-order valence-electron chi connectivity index (χ3n) is 15.0. The number of hydrogen-bond acceptors (Lipinski definition) is 3. The van der Waals surface area contributed by atoms with Gasteiger partial charge in [-0.05, 0) is 147 Å². The Morgan fingerprint density at radius 3 is 1.73 bits per heavy atom. The summed E-state index contributed by atoms with van der Waals surface area (Å²) in [6.45, 7) is 0. The van der Waals surface area contributed by atoms with E-state index in [1.54, 1.807) is 0 Å². The minimum atomic E-state index is 0.0899. The Morgan fingerprint density at radius 2 is 1.00 bits per heavy atom. The van der Waals surface area contributed by atoms with Crippen molar-refractivity contribution in [3.8, 4) is 39.2 Å². The molecule has 0 saturated carbocycles. The first kappa shape index (κ1) is 42.4. The van der Waals surface area contributed by atoms with E-state index < -0.39 is 0 Å². The molecule has 2 atom stereocenters. The van der Waals surface area contributed by atoms with Crippen LogP contribution in [-0.2, 0) is 0 Å². The van der Waals surface area contributed by atoms with Gasteiger partial charge in [0.25, 0.3) is 0 Å². The third kappa shape index (κ3) is 7.42. The van der Waals surface area contributed by atoms with Crippen LogP contribution in [0.5, 0.6) is 0 Å². The van der Waals surface area contributed by atoms with Crippen LogP contribution in [0.3, 0.4) is 0 Å². The summed E-state index contributed by atoms with van der Waals surface area (Å²) in [4.78, 5) is 9.55. The van der Waals surface area contributed by atoms with E-state index in [1.807, 2.05) is 18.3 Å². The zero-order valence-electron chi connectivity index (χ0n) is 40.0. The largest absolute Gasteiger partial charge is 0.333 e. The van der Waals surface area contributed by atoms with Gasteiger partial charge in [-0.2, -0.15) is 0 Å². The summed E-state index contributed by atoms with van der Waals surface area (Å²) >= 11 is 0. The zero-order chi connectivity index (χ0) is 48.2. The van der Waals surface area contributed by atoms with E-state index in [2.05, 4.69) is 280 Å². The number of aromatic nitrogens is 2. The van der Waals surface area contributed by atoms with E-state index in [1.165, 1.54) is 77.2 Å². The van der Waals surface area contributed by atoms with Gasteiger partial charge in [0.05, 0.1) is 28.5 Å². The van der Waals surface area contributed by atoms with Gasteiger partial charge >= 0.3 is 0 Å². The van der Waals surface area contributed by atoms with Crippen LogP contribution in [0.4, 0.5) is 28.4 Å². The molecule has 2 unspecified atom stereocenters. The molecule has 3 heterocycles. The van der Waals surface area contributed by atoms with E-state index in [4.69, 9.17) is 0 Å². The van der Waals surface area contributed by atoms with Crippen LogP contribution in [0.1, 0.15) is 17.0 Å². The highest BCUT2D eigenvalue weighted by molar-refractivity contribution is 6.11. The van der Waals surface area contributed by atoms with Gasteiger partial charge < -0.3 is 14.4 Å². The van der Waals surface area contributed by atoms with Crippen molar-refractivity contribution >= 4 is 66.6 Å². The smallest absolute Gasteiger partial charge is 0.0701 e. The fourth-order valence-electron chi connectivity index (χ4n) is 11.5. The highest BCUT2D eigenvalue weighted by Crippen LogP contribution is 2.51. The van der Waals surface area contributed by atoms with Crippen molar-refractivity contribution in [2.24, 2.45) is 0 Å². The molecular weight excluding hydrogens is 885 g/mol. The molecule has 344 valence electrons. The molecule has 2 aliphatic rings. The summed E-state index contributed by atoms with van der Waals surface area (Å²) in [7, 11) is 0. The lowest BCUT2D eigenvalue weighted by Gasteiger charge is -2.31. The molecule has 0 radical (unpaired) electrons. The quantitative estimate of drug-likeness (QED) is 0.144. The molecule has 0 saturated heterocycles. The van der Waals surface area contributed by atoms with Gasteiger partial charge in [0.2, 0.25) is 0 Å². The number of rotatable bonds is 9. The van der Waals surface area contributed by atoms with Crippen molar-refractivity contribution in [2.75, 3.05) is 9.80 Å². The van der Waals surface area contributed by atoms with Crippen LogP contribution in [-0.4, -0.2) is 15.6 Å². The van der Waals surface area contributed by atoms with E-state index in [-0.39, 0.29) is 12.0 Å². The van der Waals surface area contributed by atoms with Crippen molar-refractivity contribution in [1.29, 1.82) is 0 Å². The fourth-order valence-corrected chi connectivity index (χ4v) is 11.5. The summed E-state index contributed by atoms with van der Waals surface area (Å²) in [5, 5.41) is 4.89. The Labute approximate surface area is 425 Å². The maximum Gasteiger partial charge on any atom is 0.0701 e. The zero-order valence-corrected chi connectivity index (χ0v) is 40.0. The molecule has 73 heavy (non-hydrogen) atoms. The van der Waals surface area contributed by atoms with Gasteiger partial charge in [0, 0.05) is 62.3 Å². The van der Waals surface area contributed by atoms with Gasteiger partial charge in [-0.1, -0.05) is 170 Å². The van der Waals surface area contributed by atoms with E-state index >= 15 is 0 Å². The molecule has 14 rings (SSSR count). The number of fused-ring (bicyclic) bond motifs is 7. The lowest BCUT2D eigenvalue weighted by molar-refractivity contribution is 0.747. The highest BCUT2D eigenvalue weighted by atomic mass is 15.2. The third-order valence-corrected chi connectivity index (χ3v) is 15.0. The number of hydrogen-bond donors (Lipinski definition) is 0. The first-order valence-electron chi connectivity index (χ1n) is 25.2. The number of nitrogens with zero attached hydrogens (tertiary/aromatic N) is 4. The minimum absolute atomic E-state index is 0.0899. The maximum atomic E-state index is 4.62. The average molecular weight is 933 g/mol. The van der Waals surface area contributed by atoms with Gasteiger partial charge in [-0.3, -0.25) is 4.98 Å². The second kappa shape index (κ2) is 17.7. The first-order chi connectivity index (χ1) is 36.2. The van der Waals surface area contributed by atoms with Gasteiger partial charge in [-0.25, -0.2) is 0 Å². The van der Waals surface area contributed by atoms with Gasteiger partial charge in [0.1, 0.15) is 0 Å². The molecule has 4 heteroatoms. The van der Waals surface area contributed by atoms with Crippen molar-refractivity contribution < 1.29 is 0 Å². The summed E-state index contributed by atoms with van der Waals surface area (Å²) < 4.78 is 2.41. The van der Waals surface area contributed by atoms with Crippen molar-refractivity contribution in [2.45, 2.75) is 12.0 Å². The van der Waals surface area contributed by atoms with Crippen LogP contribution in [0.25, 0.3) is 77.3 Å². The Hall–Kier alpha value is -9.51. The maximum absolute atomic E-state index is 4.62. The lowest BCUT2D eigenvalue weighted by Crippen LogP contribution is -2.29. The highest BCUT2D eigenvalue weighted by Gasteiger charge is 2.39. The molecule has 0 N–H and O–H groups in total. The number of anilines is 5. The monoisotopic (exact) mass is 932 g/mol. The van der Waals surface area contributed by atoms with Gasteiger partial charge in [0.15, 0.2) is 0 Å². The molecular formula is C69H48N4. The second-order valence-corrected chi connectivity index (χ2v) is 19.1. The topological polar surface area (TPSA) is 24.3 Å². The van der Waals surface area contributed by atoms with E-state index in [0.29, 0.717) is 0 Å². The van der Waals surface area contributed by atoms with Crippen molar-refractivity contribution in [1.82, 2.24) is 9.55 Å². The standard InChI is InChI=1S/C69H48N4/c1-4-15-47(16-5-1)51-28-38-66-60(43-51)62-45-53(30-40-68(62)72(66)57-32-26-50(27-33-57)64-24-12-13-42-70-64)54-31-41-69-63(46-54)61-44-52(48-17-6-2-7-18-48)29-39-67(61)73(69)58-36-34-56(35-37-58)71(55-21-8-3-9-22-55)65-25-14-20-49-19-10-11-23-59(49)65/h1-46,63,69H. The molecule has 0 bridgehead atoms. The van der Waals surface area contributed by atoms with Crippen molar-refractivity contribution in [3.63, 3.8) is 0 Å². The molecule has 1 aliphatic heterocycles. The summed E-state index contributed by atoms with van der Waals surface area (Å²) in [6, 6.07) is 92.6. The Kier molecular flexibility index (Phi) is 10.3. The molecule has 0 amide bonds. The SMILES string of the molecule is C1=CC2C(C=C1c1ccc3c(c1)c1cc(-c4ccccc4)ccc1n3-c1ccc(-c3ccccn3)cc1)c1cc(-c3ccccc3)ccc1N2c1ccc(N(c2ccccc2)c2cccc3ccccc23)cc1. The lowest BCUT2D eigenvalue weighted by atomic mass is 9.85. The number of para-hydroxylation sites is 1. The molecule has 4 nitrogen and oxygen atoms in total. The van der Waals surface area contributed by atoms with E-state index in [9.17, 15) is 0 Å². The Bertz CT molecular complexity index is 4060. The minimum Gasteiger partial charge on any atom is -0.333 e. The van der Waals surface area contributed by atoms with Crippen LogP contribution in [0.2, 0.25) is 0 Å². The van der Waals surface area contributed by atoms with Crippen LogP contribution >= 0.6 is 0 Å². The molecule has 0 fully saturated rings. The molecule has 10 aromatic carbocycles. The molecule has 2 aromatic heterocycles. The van der Waals surface area contributed by atoms with Crippen LogP contribution in [0, 0.1) is 0 Å². The number of pyridine rings is 1. The first-order valence-corrected chi connectivity index (χ1v) is 25.2. The molecule has 1 aliphatic carbocycles. The predicted octanol–water partition coefficient (Wildman–Crippen LogP) is 18.1. The van der Waals surface area contributed by atoms with Crippen molar-refractivity contribution in [3.05, 3.63) is 290 Å². The summed E-state index contributed by atoms with van der Waals surface area (Å²) in [5.74, 6) is 0.120. The summed E-state index contributed by atoms with van der Waals surface area (Å²) in [6.07, 6.45) is 9.17. The number of benzene rings is 10. The normalized spacial score (nSPS) is 14.8. The molecule has 0 spiro atoms. The Balaban J connectivity index is 0.870. The average Bonchev–Trinajstić information content (AvgIpc) is 3.98. The van der Waals surface area contributed by atoms with Crippen LogP contribution in [0.15, 0.2) is 279 Å². The summed E-state index contributed by atoms with van der Waals surface area (Å²) in [5.41, 5.74) is 19.9. The predicted molar refractivity (Wildman–Crippen MR) is 306 cm³/mol.